The van der Waals surface area contributed by atoms with Crippen LogP contribution < -0.4 is 4.90 Å². The first-order chi connectivity index (χ1) is 8.96. The number of thioether (sulfide) groups is 1. The lowest BCUT2D eigenvalue weighted by atomic mass is 9.89. The van der Waals surface area contributed by atoms with Crippen molar-refractivity contribution < 1.29 is 14.0 Å². The minimum Gasteiger partial charge on any atom is -0.409 e. The minimum absolute atomic E-state index is 0.223. The van der Waals surface area contributed by atoms with E-state index in [1.807, 2.05) is 6.92 Å². The Morgan fingerprint density at radius 1 is 1.47 bits per heavy atom. The molecule has 0 bridgehead atoms. The summed E-state index contributed by atoms with van der Waals surface area (Å²) in [6.45, 7) is 3.10. The zero-order chi connectivity index (χ0) is 13.8. The molecule has 0 aromatic heterocycles. The van der Waals surface area contributed by atoms with E-state index in [4.69, 9.17) is 5.21 Å². The number of benzene rings is 1. The Morgan fingerprint density at radius 2 is 2.21 bits per heavy atom. The third-order valence-corrected chi connectivity index (χ3v) is 4.39. The molecule has 1 aromatic carbocycles. The van der Waals surface area contributed by atoms with Gasteiger partial charge in [0.1, 0.15) is 0 Å². The third kappa shape index (κ3) is 1.59. The molecule has 0 radical (unpaired) electrons. The average Bonchev–Trinajstić information content (AvgIpc) is 2.79. The van der Waals surface area contributed by atoms with Crippen molar-refractivity contribution in [3.8, 4) is 0 Å². The third-order valence-electron chi connectivity index (χ3n) is 3.45. The number of hydrogen-bond acceptors (Lipinski definition) is 3. The van der Waals surface area contributed by atoms with Gasteiger partial charge >= 0.3 is 0 Å². The molecule has 1 fully saturated rings. The number of allylic oxidation sites excluding steroid dienone is 1. The van der Waals surface area contributed by atoms with Crippen molar-refractivity contribution in [2.24, 2.45) is 5.16 Å². The van der Waals surface area contributed by atoms with Gasteiger partial charge in [-0.2, -0.15) is 0 Å². The number of aryl methyl sites for hydroxylation is 1. The predicted molar refractivity (Wildman–Crippen MR) is 71.9 cm³/mol. The van der Waals surface area contributed by atoms with Crippen molar-refractivity contribution in [1.82, 2.24) is 0 Å². The number of rotatable bonds is 0. The summed E-state index contributed by atoms with van der Waals surface area (Å²) < 4.78 is 29.0. The van der Waals surface area contributed by atoms with E-state index in [0.29, 0.717) is 5.69 Å². The molecule has 19 heavy (non-hydrogen) atoms. The number of hydrogen-bond donors (Lipinski definition) is 1. The Morgan fingerprint density at radius 3 is 2.89 bits per heavy atom. The van der Waals surface area contributed by atoms with Gasteiger partial charge in [0.15, 0.2) is 11.5 Å². The summed E-state index contributed by atoms with van der Waals surface area (Å²) in [7, 11) is 0. The van der Waals surface area contributed by atoms with Crippen LogP contribution in [0.2, 0.25) is 0 Å². The molecule has 0 aliphatic carbocycles. The number of oxime groups is 1. The molecule has 0 saturated carbocycles. The van der Waals surface area contributed by atoms with Crippen LogP contribution in [0.4, 0.5) is 14.5 Å². The molecule has 2 aliphatic heterocycles. The van der Waals surface area contributed by atoms with E-state index in [2.05, 4.69) is 5.16 Å². The minimum atomic E-state index is -2.14. The molecule has 1 aromatic rings. The summed E-state index contributed by atoms with van der Waals surface area (Å²) in [5, 5.41) is 12.4. The SMILES string of the molecule is Cc1ccc2c(c1)N1C(=C(F)C2(C)F)CS/C1=N\O. The Kier molecular flexibility index (Phi) is 2.60. The van der Waals surface area contributed by atoms with E-state index in [0.717, 1.165) is 5.56 Å². The number of halogens is 2. The summed E-state index contributed by atoms with van der Waals surface area (Å²) >= 11 is 1.18. The van der Waals surface area contributed by atoms with E-state index >= 15 is 0 Å². The van der Waals surface area contributed by atoms with E-state index in [9.17, 15) is 8.78 Å². The molecule has 1 atom stereocenters. The average molecular weight is 282 g/mol. The fraction of sp³-hybridized carbons (Fsp3) is 0.308. The highest BCUT2D eigenvalue weighted by Crippen LogP contribution is 2.50. The van der Waals surface area contributed by atoms with Crippen LogP contribution in [-0.2, 0) is 5.67 Å². The molecule has 2 aliphatic rings. The molecular weight excluding hydrogens is 270 g/mol. The number of alkyl halides is 1. The maximum absolute atomic E-state index is 14.7. The van der Waals surface area contributed by atoms with Gasteiger partial charge < -0.3 is 5.21 Å². The Bertz CT molecular complexity index is 625. The van der Waals surface area contributed by atoms with Crippen LogP contribution >= 0.6 is 11.8 Å². The summed E-state index contributed by atoms with van der Waals surface area (Å²) in [6.07, 6.45) is 0. The predicted octanol–water partition coefficient (Wildman–Crippen LogP) is 3.67. The van der Waals surface area contributed by atoms with Crippen LogP contribution in [0, 0.1) is 6.92 Å². The van der Waals surface area contributed by atoms with Crippen LogP contribution in [-0.4, -0.2) is 16.1 Å². The summed E-state index contributed by atoms with van der Waals surface area (Å²) in [5.41, 5.74) is -0.186. The van der Waals surface area contributed by atoms with Crippen molar-refractivity contribution in [1.29, 1.82) is 0 Å². The van der Waals surface area contributed by atoms with Gasteiger partial charge in [0, 0.05) is 11.3 Å². The first-order valence-corrected chi connectivity index (χ1v) is 6.79. The largest absolute Gasteiger partial charge is 0.409 e. The van der Waals surface area contributed by atoms with Crippen LogP contribution in [0.1, 0.15) is 18.1 Å². The molecule has 1 N–H and O–H groups in total. The van der Waals surface area contributed by atoms with E-state index in [1.54, 1.807) is 18.2 Å². The highest BCUT2D eigenvalue weighted by Gasteiger charge is 2.46. The number of fused-ring (bicyclic) bond motifs is 3. The van der Waals surface area contributed by atoms with Crippen molar-refractivity contribution in [3.63, 3.8) is 0 Å². The Balaban J connectivity index is 2.32. The lowest BCUT2D eigenvalue weighted by Gasteiger charge is -2.34. The maximum Gasteiger partial charge on any atom is 0.211 e. The summed E-state index contributed by atoms with van der Waals surface area (Å²) in [6, 6.07) is 5.10. The molecule has 6 heteroatoms. The van der Waals surface area contributed by atoms with Crippen LogP contribution in [0.5, 0.6) is 0 Å². The first kappa shape index (κ1) is 12.5. The maximum atomic E-state index is 14.7. The number of nitrogens with zero attached hydrogens (tertiary/aromatic N) is 2. The topological polar surface area (TPSA) is 35.8 Å². The zero-order valence-electron chi connectivity index (χ0n) is 10.4. The first-order valence-electron chi connectivity index (χ1n) is 5.81. The second-order valence-electron chi connectivity index (χ2n) is 4.79. The molecule has 3 nitrogen and oxygen atoms in total. The summed E-state index contributed by atoms with van der Waals surface area (Å²) in [5.74, 6) is -0.548. The molecule has 100 valence electrons. The number of anilines is 1. The second kappa shape index (κ2) is 3.96. The van der Waals surface area contributed by atoms with Gasteiger partial charge in [-0.3, -0.25) is 4.90 Å². The van der Waals surface area contributed by atoms with Crippen LogP contribution in [0.15, 0.2) is 34.9 Å². The van der Waals surface area contributed by atoms with E-state index < -0.39 is 11.5 Å². The van der Waals surface area contributed by atoms with Crippen LogP contribution in [0.3, 0.4) is 0 Å². The van der Waals surface area contributed by atoms with Gasteiger partial charge in [-0.15, -0.1) is 0 Å². The number of amidine groups is 1. The van der Waals surface area contributed by atoms with Gasteiger partial charge in [-0.05, 0) is 25.5 Å². The molecule has 1 unspecified atom stereocenters. The van der Waals surface area contributed by atoms with Crippen molar-refractivity contribution in [2.45, 2.75) is 19.5 Å². The van der Waals surface area contributed by atoms with Gasteiger partial charge in [0.2, 0.25) is 5.17 Å². The molecule has 0 spiro atoms. The second-order valence-corrected chi connectivity index (χ2v) is 5.73. The normalized spacial score (nSPS) is 27.8. The van der Waals surface area contributed by atoms with Gasteiger partial charge in [0.05, 0.1) is 11.4 Å². The molecule has 1 saturated heterocycles. The van der Waals surface area contributed by atoms with Crippen LogP contribution in [0.25, 0.3) is 0 Å². The Labute approximate surface area is 113 Å². The zero-order valence-corrected chi connectivity index (χ0v) is 11.3. The molecular formula is C13H12F2N2OS. The molecule has 3 rings (SSSR count). The lowest BCUT2D eigenvalue weighted by Crippen LogP contribution is -2.34. The van der Waals surface area contributed by atoms with Crippen molar-refractivity contribution >= 4 is 22.6 Å². The Hall–Kier alpha value is -1.56. The van der Waals surface area contributed by atoms with E-state index in [-0.39, 0.29) is 22.2 Å². The summed E-state index contributed by atoms with van der Waals surface area (Å²) in [4.78, 5) is 1.49. The molecule has 0 amide bonds. The van der Waals surface area contributed by atoms with Gasteiger partial charge in [-0.1, -0.05) is 29.1 Å². The quantitative estimate of drug-likeness (QED) is 0.582. The molecule has 2 heterocycles. The van der Waals surface area contributed by atoms with Crippen molar-refractivity contribution in [2.75, 3.05) is 10.7 Å². The van der Waals surface area contributed by atoms with Gasteiger partial charge in [0.25, 0.3) is 0 Å². The standard InChI is InChI=1S/C13H12F2N2OS/c1-7-3-4-8-9(5-7)17-10(6-19-12(17)16-18)11(14)13(8,2)15/h3-5,18H,6H2,1-2H3/b16-12-. The highest BCUT2D eigenvalue weighted by atomic mass is 32.2. The van der Waals surface area contributed by atoms with Crippen molar-refractivity contribution in [3.05, 3.63) is 40.8 Å². The van der Waals surface area contributed by atoms with E-state index in [1.165, 1.54) is 23.6 Å². The van der Waals surface area contributed by atoms with Gasteiger partial charge in [-0.25, -0.2) is 8.78 Å². The lowest BCUT2D eigenvalue weighted by molar-refractivity contribution is 0.195. The monoisotopic (exact) mass is 282 g/mol. The fourth-order valence-corrected chi connectivity index (χ4v) is 3.39. The smallest absolute Gasteiger partial charge is 0.211 e. The highest BCUT2D eigenvalue weighted by molar-refractivity contribution is 8.14. The fourth-order valence-electron chi connectivity index (χ4n) is 2.47.